The number of piperazine rings is 1. The number of aliphatic hydroxyl groups excluding tert-OH is 1. The zero-order valence-electron chi connectivity index (χ0n) is 11.7. The topological polar surface area (TPSA) is 74.4 Å². The van der Waals surface area contributed by atoms with Gasteiger partial charge in [-0.05, 0) is 32.4 Å². The number of aromatic nitrogens is 1. The van der Waals surface area contributed by atoms with Crippen molar-refractivity contribution in [3.8, 4) is 0 Å². The predicted molar refractivity (Wildman–Crippen MR) is 77.1 cm³/mol. The summed E-state index contributed by atoms with van der Waals surface area (Å²) < 4.78 is 0. The Labute approximate surface area is 114 Å². The van der Waals surface area contributed by atoms with E-state index >= 15 is 0 Å². The van der Waals surface area contributed by atoms with Gasteiger partial charge >= 0.3 is 0 Å². The highest BCUT2D eigenvalue weighted by Crippen LogP contribution is 2.19. The maximum atomic E-state index is 8.96. The van der Waals surface area contributed by atoms with Gasteiger partial charge in [-0.15, -0.1) is 0 Å². The van der Waals surface area contributed by atoms with E-state index in [0.717, 1.165) is 24.6 Å². The molecule has 0 spiro atoms. The third-order valence-electron chi connectivity index (χ3n) is 3.46. The summed E-state index contributed by atoms with van der Waals surface area (Å²) in [7, 11) is 0. The quantitative estimate of drug-likeness (QED) is 0.744. The molecule has 106 valence electrons. The molecule has 1 aliphatic heterocycles. The molecule has 4 N–H and O–H groups in total. The van der Waals surface area contributed by atoms with Crippen molar-refractivity contribution in [1.82, 2.24) is 10.3 Å². The standard InChI is InChI=1S/C14H24N4O/c1-10-8-18(9-11(2)16-10)14-5-3-4-13(17-14)12(15)6-7-19/h3-5,10-12,16,19H,6-9,15H2,1-2H3/t10-,11+,12?. The third kappa shape index (κ3) is 3.65. The SMILES string of the molecule is C[C@@H]1CN(c2cccc(C(N)CCO)n2)C[C@H](C)N1. The summed E-state index contributed by atoms with van der Waals surface area (Å²) in [5.41, 5.74) is 6.86. The van der Waals surface area contributed by atoms with Crippen molar-refractivity contribution in [2.45, 2.75) is 38.4 Å². The Bertz CT molecular complexity index is 402. The van der Waals surface area contributed by atoms with Gasteiger partial charge in [0, 0.05) is 37.8 Å². The van der Waals surface area contributed by atoms with Crippen LogP contribution in [0.2, 0.25) is 0 Å². The summed E-state index contributed by atoms with van der Waals surface area (Å²) in [6, 6.07) is 6.67. The molecule has 0 aliphatic carbocycles. The first-order valence-electron chi connectivity index (χ1n) is 6.94. The van der Waals surface area contributed by atoms with Crippen molar-refractivity contribution >= 4 is 5.82 Å². The van der Waals surface area contributed by atoms with Crippen LogP contribution in [0.4, 0.5) is 5.82 Å². The minimum atomic E-state index is -0.192. The average molecular weight is 264 g/mol. The molecule has 1 saturated heterocycles. The fraction of sp³-hybridized carbons (Fsp3) is 0.643. The lowest BCUT2D eigenvalue weighted by molar-refractivity contribution is 0.275. The molecule has 1 aliphatic rings. The van der Waals surface area contributed by atoms with E-state index in [1.54, 1.807) is 0 Å². The van der Waals surface area contributed by atoms with Crippen LogP contribution in [-0.2, 0) is 0 Å². The van der Waals surface area contributed by atoms with E-state index in [4.69, 9.17) is 10.8 Å². The van der Waals surface area contributed by atoms with Crippen LogP contribution < -0.4 is 16.0 Å². The van der Waals surface area contributed by atoms with E-state index in [2.05, 4.69) is 29.0 Å². The highest BCUT2D eigenvalue weighted by Gasteiger charge is 2.22. The highest BCUT2D eigenvalue weighted by atomic mass is 16.3. The van der Waals surface area contributed by atoms with Gasteiger partial charge in [-0.1, -0.05) is 6.07 Å². The van der Waals surface area contributed by atoms with Crippen LogP contribution in [0, 0.1) is 0 Å². The Hall–Kier alpha value is -1.17. The number of anilines is 1. The number of aliphatic hydroxyl groups is 1. The second-order valence-electron chi connectivity index (χ2n) is 5.41. The zero-order valence-corrected chi connectivity index (χ0v) is 11.7. The number of nitrogens with two attached hydrogens (primary N) is 1. The van der Waals surface area contributed by atoms with Gasteiger partial charge in [-0.25, -0.2) is 4.98 Å². The van der Waals surface area contributed by atoms with Crippen molar-refractivity contribution in [2.24, 2.45) is 5.73 Å². The normalized spacial score (nSPS) is 25.4. The summed E-state index contributed by atoms with van der Waals surface area (Å²) in [4.78, 5) is 6.94. The van der Waals surface area contributed by atoms with E-state index in [0.29, 0.717) is 18.5 Å². The number of pyridine rings is 1. The molecule has 1 fully saturated rings. The lowest BCUT2D eigenvalue weighted by Crippen LogP contribution is -2.54. The molecule has 2 rings (SSSR count). The molecule has 0 saturated carbocycles. The number of hydrogen-bond acceptors (Lipinski definition) is 5. The van der Waals surface area contributed by atoms with Crippen molar-refractivity contribution in [1.29, 1.82) is 0 Å². The van der Waals surface area contributed by atoms with Crippen molar-refractivity contribution < 1.29 is 5.11 Å². The van der Waals surface area contributed by atoms with Crippen LogP contribution in [0.25, 0.3) is 0 Å². The summed E-state index contributed by atoms with van der Waals surface area (Å²) in [5.74, 6) is 0.978. The first kappa shape index (κ1) is 14.2. The second kappa shape index (κ2) is 6.32. The van der Waals surface area contributed by atoms with Crippen LogP contribution in [-0.4, -0.2) is 41.9 Å². The maximum Gasteiger partial charge on any atom is 0.128 e. The van der Waals surface area contributed by atoms with Crippen LogP contribution in [0.1, 0.15) is 32.0 Å². The molecule has 0 bridgehead atoms. The predicted octanol–water partition coefficient (Wildman–Crippen LogP) is 0.650. The molecule has 2 heterocycles. The second-order valence-corrected chi connectivity index (χ2v) is 5.41. The molecule has 0 amide bonds. The first-order chi connectivity index (χ1) is 9.10. The van der Waals surface area contributed by atoms with E-state index in [-0.39, 0.29) is 12.6 Å². The summed E-state index contributed by atoms with van der Waals surface area (Å²) in [5, 5.41) is 12.5. The molecule has 0 radical (unpaired) electrons. The molecular formula is C14H24N4O. The van der Waals surface area contributed by atoms with Gasteiger partial charge in [0.2, 0.25) is 0 Å². The van der Waals surface area contributed by atoms with Gasteiger partial charge < -0.3 is 21.1 Å². The molecule has 1 aromatic heterocycles. The van der Waals surface area contributed by atoms with Gasteiger partial charge in [0.05, 0.1) is 5.69 Å². The number of hydrogen-bond donors (Lipinski definition) is 3. The molecule has 19 heavy (non-hydrogen) atoms. The number of nitrogens with one attached hydrogen (secondary N) is 1. The van der Waals surface area contributed by atoms with Gasteiger partial charge in [0.15, 0.2) is 0 Å². The van der Waals surface area contributed by atoms with Crippen LogP contribution in [0.5, 0.6) is 0 Å². The molecular weight excluding hydrogens is 240 g/mol. The summed E-state index contributed by atoms with van der Waals surface area (Å²) in [6.45, 7) is 6.37. The summed E-state index contributed by atoms with van der Waals surface area (Å²) in [6.07, 6.45) is 0.546. The van der Waals surface area contributed by atoms with Gasteiger partial charge in [-0.2, -0.15) is 0 Å². The lowest BCUT2D eigenvalue weighted by Gasteiger charge is -2.37. The Morgan fingerprint density at radius 3 is 2.74 bits per heavy atom. The molecule has 5 heteroatoms. The monoisotopic (exact) mass is 264 g/mol. The minimum Gasteiger partial charge on any atom is -0.396 e. The Balaban J connectivity index is 2.13. The molecule has 0 aromatic carbocycles. The first-order valence-corrected chi connectivity index (χ1v) is 6.94. The molecule has 3 atom stereocenters. The van der Waals surface area contributed by atoms with Crippen LogP contribution in [0.3, 0.4) is 0 Å². The molecule has 5 nitrogen and oxygen atoms in total. The van der Waals surface area contributed by atoms with Gasteiger partial charge in [0.1, 0.15) is 5.82 Å². The van der Waals surface area contributed by atoms with Crippen molar-refractivity contribution in [3.05, 3.63) is 23.9 Å². The van der Waals surface area contributed by atoms with E-state index in [1.807, 2.05) is 18.2 Å². The van der Waals surface area contributed by atoms with Crippen LogP contribution >= 0.6 is 0 Å². The van der Waals surface area contributed by atoms with Crippen molar-refractivity contribution in [3.63, 3.8) is 0 Å². The highest BCUT2D eigenvalue weighted by molar-refractivity contribution is 5.41. The van der Waals surface area contributed by atoms with Crippen LogP contribution in [0.15, 0.2) is 18.2 Å². The number of nitrogens with zero attached hydrogens (tertiary/aromatic N) is 2. The third-order valence-corrected chi connectivity index (χ3v) is 3.46. The largest absolute Gasteiger partial charge is 0.396 e. The average Bonchev–Trinajstić information content (AvgIpc) is 2.38. The number of rotatable bonds is 4. The maximum absolute atomic E-state index is 8.96. The Morgan fingerprint density at radius 2 is 2.11 bits per heavy atom. The Kier molecular flexibility index (Phi) is 4.74. The smallest absolute Gasteiger partial charge is 0.128 e. The minimum absolute atomic E-state index is 0.0920. The summed E-state index contributed by atoms with van der Waals surface area (Å²) >= 11 is 0. The van der Waals surface area contributed by atoms with Crippen molar-refractivity contribution in [2.75, 3.05) is 24.6 Å². The molecule has 1 unspecified atom stereocenters. The fourth-order valence-electron chi connectivity index (χ4n) is 2.62. The van der Waals surface area contributed by atoms with E-state index < -0.39 is 0 Å². The fourth-order valence-corrected chi connectivity index (χ4v) is 2.62. The van der Waals surface area contributed by atoms with E-state index in [9.17, 15) is 0 Å². The Morgan fingerprint density at radius 1 is 1.42 bits per heavy atom. The zero-order chi connectivity index (χ0) is 13.8. The van der Waals surface area contributed by atoms with Gasteiger partial charge in [-0.3, -0.25) is 0 Å². The lowest BCUT2D eigenvalue weighted by atomic mass is 10.1. The van der Waals surface area contributed by atoms with Gasteiger partial charge in [0.25, 0.3) is 0 Å². The van der Waals surface area contributed by atoms with E-state index in [1.165, 1.54) is 0 Å². The molecule has 1 aromatic rings.